The number of nitrogens with zero attached hydrogens (tertiary/aromatic N) is 2. The summed E-state index contributed by atoms with van der Waals surface area (Å²) in [6, 6.07) is 28.8. The first kappa shape index (κ1) is 24.8. The molecule has 1 atom stereocenters. The van der Waals surface area contributed by atoms with E-state index in [0.29, 0.717) is 17.8 Å². The van der Waals surface area contributed by atoms with Crippen LogP contribution in [0.1, 0.15) is 30.0 Å². The van der Waals surface area contributed by atoms with Crippen LogP contribution in [0.2, 0.25) is 0 Å². The molecular weight excluding hydrogens is 476 g/mol. The van der Waals surface area contributed by atoms with Crippen molar-refractivity contribution < 1.29 is 4.79 Å². The smallest absolute Gasteiger partial charge is 0.255 e. The van der Waals surface area contributed by atoms with Crippen molar-refractivity contribution in [3.63, 3.8) is 0 Å². The molecule has 2 heterocycles. The number of hydrogen-bond acceptors (Lipinski definition) is 5. The number of rotatable bonds is 8. The van der Waals surface area contributed by atoms with E-state index in [1.54, 1.807) is 24.2 Å². The first-order valence-corrected chi connectivity index (χ1v) is 13.7. The Morgan fingerprint density at radius 1 is 0.946 bits per heavy atom. The highest BCUT2D eigenvalue weighted by Crippen LogP contribution is 2.39. The normalized spacial score (nSPS) is 17.3. The molecule has 1 aliphatic rings. The molecule has 5 nitrogen and oxygen atoms in total. The molecule has 1 aliphatic heterocycles. The predicted octanol–water partition coefficient (Wildman–Crippen LogP) is 5.82. The lowest BCUT2D eigenvalue weighted by atomic mass is 9.95. The number of amides is 1. The van der Waals surface area contributed by atoms with Crippen molar-refractivity contribution in [2.24, 2.45) is 4.99 Å². The molecular formula is C31H30N4OS. The quantitative estimate of drug-likeness (QED) is 0.295. The summed E-state index contributed by atoms with van der Waals surface area (Å²) in [4.78, 5) is 22.2. The summed E-state index contributed by atoms with van der Waals surface area (Å²) in [6.07, 6.45) is 7.35. The molecule has 3 aromatic carbocycles. The maximum Gasteiger partial charge on any atom is 0.255 e. The summed E-state index contributed by atoms with van der Waals surface area (Å²) in [6.45, 7) is 2.55. The average molecular weight is 507 g/mol. The van der Waals surface area contributed by atoms with Crippen LogP contribution < -0.4 is 10.6 Å². The SMILES string of the molecule is CSC1(c2ccncc2)N=C(c2ccc3ccccc3c2)C(C(=O)NCCCc2ccccc2)=C(C)N1. The van der Waals surface area contributed by atoms with E-state index in [1.165, 1.54) is 5.56 Å². The third-order valence-electron chi connectivity index (χ3n) is 6.63. The molecule has 1 unspecified atom stereocenters. The minimum absolute atomic E-state index is 0.116. The molecule has 0 spiro atoms. The molecule has 0 aliphatic carbocycles. The lowest BCUT2D eigenvalue weighted by Gasteiger charge is -2.36. The van der Waals surface area contributed by atoms with Gasteiger partial charge in [-0.05, 0) is 60.6 Å². The van der Waals surface area contributed by atoms with Crippen LogP contribution in [0.5, 0.6) is 0 Å². The van der Waals surface area contributed by atoms with Gasteiger partial charge in [0.25, 0.3) is 5.91 Å². The van der Waals surface area contributed by atoms with Crippen molar-refractivity contribution >= 4 is 34.2 Å². The number of allylic oxidation sites excluding steroid dienone is 1. The van der Waals surface area contributed by atoms with Crippen LogP contribution >= 0.6 is 11.8 Å². The second-order valence-corrected chi connectivity index (χ2v) is 10.1. The van der Waals surface area contributed by atoms with E-state index < -0.39 is 4.99 Å². The number of pyridine rings is 1. The number of aryl methyl sites for hydroxylation is 1. The number of fused-ring (bicyclic) bond motifs is 1. The van der Waals surface area contributed by atoms with Gasteiger partial charge in [-0.2, -0.15) is 0 Å². The molecule has 0 radical (unpaired) electrons. The highest BCUT2D eigenvalue weighted by molar-refractivity contribution is 7.99. The monoisotopic (exact) mass is 506 g/mol. The molecule has 0 fully saturated rings. The van der Waals surface area contributed by atoms with Crippen LogP contribution in [0.3, 0.4) is 0 Å². The molecule has 2 N–H and O–H groups in total. The minimum atomic E-state index is -0.759. The lowest BCUT2D eigenvalue weighted by Crippen LogP contribution is -2.44. The van der Waals surface area contributed by atoms with E-state index in [0.717, 1.165) is 40.4 Å². The van der Waals surface area contributed by atoms with Gasteiger partial charge in [0.2, 0.25) is 4.99 Å². The molecule has 0 saturated carbocycles. The van der Waals surface area contributed by atoms with Crippen LogP contribution in [0.25, 0.3) is 10.8 Å². The minimum Gasteiger partial charge on any atom is -0.352 e. The highest BCUT2D eigenvalue weighted by Gasteiger charge is 2.38. The summed E-state index contributed by atoms with van der Waals surface area (Å²) < 4.78 is 0. The van der Waals surface area contributed by atoms with Crippen LogP contribution in [0, 0.1) is 0 Å². The Morgan fingerprint density at radius 3 is 2.43 bits per heavy atom. The van der Waals surface area contributed by atoms with Gasteiger partial charge in [0, 0.05) is 35.8 Å². The first-order valence-electron chi connectivity index (χ1n) is 12.5. The number of carbonyl (C=O) groups excluding carboxylic acids is 1. The van der Waals surface area contributed by atoms with Gasteiger partial charge in [-0.15, -0.1) is 11.8 Å². The Kier molecular flexibility index (Phi) is 7.37. The van der Waals surface area contributed by atoms with Crippen LogP contribution in [0.4, 0.5) is 0 Å². The first-order chi connectivity index (χ1) is 18.1. The largest absolute Gasteiger partial charge is 0.352 e. The fraction of sp³-hybridized carbons (Fsp3) is 0.194. The predicted molar refractivity (Wildman–Crippen MR) is 154 cm³/mol. The van der Waals surface area contributed by atoms with Crippen molar-refractivity contribution in [3.05, 3.63) is 125 Å². The van der Waals surface area contributed by atoms with Crippen LogP contribution in [0.15, 0.2) is 114 Å². The van der Waals surface area contributed by atoms with Gasteiger partial charge >= 0.3 is 0 Å². The van der Waals surface area contributed by atoms with E-state index in [1.807, 2.05) is 55.6 Å². The van der Waals surface area contributed by atoms with E-state index in [9.17, 15) is 4.79 Å². The van der Waals surface area contributed by atoms with E-state index in [2.05, 4.69) is 58.1 Å². The van der Waals surface area contributed by atoms with Gasteiger partial charge in [-0.25, -0.2) is 4.99 Å². The molecule has 1 amide bonds. The number of hydrogen-bond donors (Lipinski definition) is 2. The fourth-order valence-corrected chi connectivity index (χ4v) is 5.52. The second-order valence-electron chi connectivity index (χ2n) is 9.08. The van der Waals surface area contributed by atoms with E-state index in [-0.39, 0.29) is 5.91 Å². The second kappa shape index (κ2) is 11.0. The van der Waals surface area contributed by atoms with Crippen molar-refractivity contribution in [1.29, 1.82) is 0 Å². The van der Waals surface area contributed by atoms with E-state index in [4.69, 9.17) is 4.99 Å². The highest BCUT2D eigenvalue weighted by atomic mass is 32.2. The van der Waals surface area contributed by atoms with Crippen molar-refractivity contribution in [2.45, 2.75) is 24.8 Å². The maximum atomic E-state index is 13.6. The Hall–Kier alpha value is -3.90. The van der Waals surface area contributed by atoms with Crippen molar-refractivity contribution in [3.8, 4) is 0 Å². The summed E-state index contributed by atoms with van der Waals surface area (Å²) in [5, 5.41) is 8.95. The molecule has 1 aromatic heterocycles. The summed E-state index contributed by atoms with van der Waals surface area (Å²) in [7, 11) is 0. The number of carbonyl (C=O) groups is 1. The zero-order chi connectivity index (χ0) is 25.7. The van der Waals surface area contributed by atoms with Crippen molar-refractivity contribution in [2.75, 3.05) is 12.8 Å². The molecule has 4 aromatic rings. The third-order valence-corrected chi connectivity index (χ3v) is 7.65. The lowest BCUT2D eigenvalue weighted by molar-refractivity contribution is -0.117. The van der Waals surface area contributed by atoms with Crippen LogP contribution in [-0.4, -0.2) is 29.4 Å². The number of thioether (sulfide) groups is 1. The van der Waals surface area contributed by atoms with Gasteiger partial charge in [-0.1, -0.05) is 66.7 Å². The molecule has 6 heteroatoms. The zero-order valence-electron chi connectivity index (χ0n) is 21.1. The number of benzene rings is 3. The summed E-state index contributed by atoms with van der Waals surface area (Å²) in [5.41, 5.74) is 5.23. The molecule has 0 bridgehead atoms. The Bertz CT molecular complexity index is 1470. The number of aliphatic imine (C=N–C) groups is 1. The third kappa shape index (κ3) is 5.30. The van der Waals surface area contributed by atoms with Gasteiger partial charge in [0.15, 0.2) is 0 Å². The fourth-order valence-electron chi connectivity index (χ4n) is 4.72. The van der Waals surface area contributed by atoms with Gasteiger partial charge < -0.3 is 10.6 Å². The maximum absolute atomic E-state index is 13.6. The standard InChI is InChI=1S/C31H30N4OS/c1-22-28(30(36)33-18-8-11-23-9-4-3-5-10-23)29(26-15-14-24-12-6-7-13-25(24)21-26)35-31(34-22,37-2)27-16-19-32-20-17-27/h3-7,9-10,12-17,19-21,34H,8,11,18H2,1-2H3,(H,33,36). The number of nitrogens with one attached hydrogen (secondary N) is 2. The summed E-state index contributed by atoms with van der Waals surface area (Å²) in [5.74, 6) is -0.116. The number of aromatic nitrogens is 1. The Morgan fingerprint density at radius 2 is 1.68 bits per heavy atom. The molecule has 0 saturated heterocycles. The van der Waals surface area contributed by atoms with Gasteiger partial charge in [0.1, 0.15) is 0 Å². The molecule has 5 rings (SSSR count). The Balaban J connectivity index is 1.48. The van der Waals surface area contributed by atoms with Gasteiger partial charge in [0.05, 0.1) is 11.3 Å². The molecule has 186 valence electrons. The zero-order valence-corrected chi connectivity index (χ0v) is 21.9. The Labute approximate surface area is 222 Å². The molecule has 37 heavy (non-hydrogen) atoms. The summed E-state index contributed by atoms with van der Waals surface area (Å²) >= 11 is 1.59. The van der Waals surface area contributed by atoms with Crippen LogP contribution in [-0.2, 0) is 16.2 Å². The van der Waals surface area contributed by atoms with Gasteiger partial charge in [-0.3, -0.25) is 9.78 Å². The average Bonchev–Trinajstić information content (AvgIpc) is 2.95. The van der Waals surface area contributed by atoms with Crippen molar-refractivity contribution in [1.82, 2.24) is 15.6 Å². The topological polar surface area (TPSA) is 66.4 Å². The van der Waals surface area contributed by atoms with E-state index >= 15 is 0 Å².